The smallest absolute Gasteiger partial charge is 0.324 e. The standard InChI is InChI=1S/C16H12N2O5/c1-9-7-10(8-17(2)13(9)19)16(22)23-18-14(20)11-5-3-4-6-12(11)15(18)21/h3-8H,1-2H3. The van der Waals surface area contributed by atoms with E-state index in [2.05, 4.69) is 0 Å². The fraction of sp³-hybridized carbons (Fsp3) is 0.125. The monoisotopic (exact) mass is 312 g/mol. The number of hydroxylamine groups is 2. The maximum Gasteiger partial charge on any atom is 0.365 e. The van der Waals surface area contributed by atoms with Crippen molar-refractivity contribution in [1.82, 2.24) is 9.63 Å². The number of aromatic nitrogens is 1. The number of aryl methyl sites for hydroxylation is 2. The van der Waals surface area contributed by atoms with Gasteiger partial charge in [0, 0.05) is 18.8 Å². The Labute approximate surface area is 130 Å². The van der Waals surface area contributed by atoms with Crippen LogP contribution in [0.1, 0.15) is 36.6 Å². The minimum atomic E-state index is -0.891. The van der Waals surface area contributed by atoms with Crippen LogP contribution in [0.15, 0.2) is 41.3 Å². The number of hydrogen-bond acceptors (Lipinski definition) is 5. The molecule has 7 heteroatoms. The fourth-order valence-electron chi connectivity index (χ4n) is 2.37. The van der Waals surface area contributed by atoms with Gasteiger partial charge < -0.3 is 9.40 Å². The number of carbonyl (C=O) groups excluding carboxylic acids is 3. The molecule has 2 heterocycles. The Morgan fingerprint density at radius 3 is 2.13 bits per heavy atom. The van der Waals surface area contributed by atoms with Crippen molar-refractivity contribution in [2.75, 3.05) is 0 Å². The molecule has 0 spiro atoms. The zero-order valence-electron chi connectivity index (χ0n) is 12.4. The summed E-state index contributed by atoms with van der Waals surface area (Å²) in [7, 11) is 1.49. The van der Waals surface area contributed by atoms with Crippen molar-refractivity contribution < 1.29 is 19.2 Å². The second-order valence-electron chi connectivity index (χ2n) is 5.16. The Balaban J connectivity index is 1.89. The number of rotatable bonds is 2. The van der Waals surface area contributed by atoms with Crippen LogP contribution in [0.4, 0.5) is 0 Å². The zero-order chi connectivity index (χ0) is 16.7. The summed E-state index contributed by atoms with van der Waals surface area (Å²) >= 11 is 0. The van der Waals surface area contributed by atoms with Crippen LogP contribution in [0.3, 0.4) is 0 Å². The van der Waals surface area contributed by atoms with Gasteiger partial charge in [-0.15, -0.1) is 0 Å². The molecule has 0 unspecified atom stereocenters. The lowest BCUT2D eigenvalue weighted by atomic mass is 10.1. The van der Waals surface area contributed by atoms with Crippen molar-refractivity contribution in [3.63, 3.8) is 0 Å². The molecular weight excluding hydrogens is 300 g/mol. The van der Waals surface area contributed by atoms with Crippen LogP contribution in [0.5, 0.6) is 0 Å². The lowest BCUT2D eigenvalue weighted by Crippen LogP contribution is -2.33. The molecule has 0 N–H and O–H groups in total. The molecule has 1 aliphatic heterocycles. The maximum absolute atomic E-state index is 12.2. The Bertz CT molecular complexity index is 852. The Morgan fingerprint density at radius 2 is 1.61 bits per heavy atom. The van der Waals surface area contributed by atoms with Crippen molar-refractivity contribution in [3.05, 3.63) is 69.1 Å². The van der Waals surface area contributed by atoms with Gasteiger partial charge in [-0.2, -0.15) is 0 Å². The molecule has 0 atom stereocenters. The molecule has 2 aromatic rings. The first-order valence-electron chi connectivity index (χ1n) is 6.77. The van der Waals surface area contributed by atoms with E-state index >= 15 is 0 Å². The third-order valence-electron chi connectivity index (χ3n) is 3.53. The van der Waals surface area contributed by atoms with E-state index < -0.39 is 17.8 Å². The van der Waals surface area contributed by atoms with Crippen LogP contribution in [-0.4, -0.2) is 27.4 Å². The molecule has 1 aromatic carbocycles. The predicted molar refractivity (Wildman–Crippen MR) is 78.8 cm³/mol. The molecule has 0 bridgehead atoms. The molecule has 116 valence electrons. The van der Waals surface area contributed by atoms with E-state index in [0.29, 0.717) is 10.6 Å². The quantitative estimate of drug-likeness (QED) is 0.774. The molecule has 1 aromatic heterocycles. The molecule has 2 amide bonds. The van der Waals surface area contributed by atoms with Gasteiger partial charge in [-0.25, -0.2) is 4.79 Å². The van der Waals surface area contributed by atoms with Crippen LogP contribution in [0.25, 0.3) is 0 Å². The number of benzene rings is 1. The van der Waals surface area contributed by atoms with Gasteiger partial charge >= 0.3 is 5.97 Å². The van der Waals surface area contributed by atoms with E-state index in [1.165, 1.54) is 36.0 Å². The molecular formula is C16H12N2O5. The van der Waals surface area contributed by atoms with E-state index in [9.17, 15) is 19.2 Å². The fourth-order valence-corrected chi connectivity index (χ4v) is 2.37. The highest BCUT2D eigenvalue weighted by Crippen LogP contribution is 2.23. The molecule has 7 nitrogen and oxygen atoms in total. The van der Waals surface area contributed by atoms with Gasteiger partial charge in [-0.3, -0.25) is 14.4 Å². The van der Waals surface area contributed by atoms with Crippen molar-refractivity contribution >= 4 is 17.8 Å². The summed E-state index contributed by atoms with van der Waals surface area (Å²) in [6.45, 7) is 1.56. The van der Waals surface area contributed by atoms with E-state index in [0.717, 1.165) is 0 Å². The number of amides is 2. The van der Waals surface area contributed by atoms with Crippen LogP contribution in [0.2, 0.25) is 0 Å². The largest absolute Gasteiger partial charge is 0.365 e. The minimum absolute atomic E-state index is 0.0705. The highest BCUT2D eigenvalue weighted by atomic mass is 16.7. The number of hydrogen-bond donors (Lipinski definition) is 0. The van der Waals surface area contributed by atoms with Gasteiger partial charge in [0.1, 0.15) is 0 Å². The molecule has 0 saturated carbocycles. The summed E-state index contributed by atoms with van der Waals surface area (Å²) in [4.78, 5) is 53.0. The van der Waals surface area contributed by atoms with Gasteiger partial charge in [0.05, 0.1) is 16.7 Å². The van der Waals surface area contributed by atoms with Crippen molar-refractivity contribution in [1.29, 1.82) is 0 Å². The molecule has 0 aliphatic carbocycles. The number of imide groups is 1. The lowest BCUT2D eigenvalue weighted by molar-refractivity contribution is -0.0585. The number of carbonyl (C=O) groups is 3. The van der Waals surface area contributed by atoms with E-state index in [1.54, 1.807) is 19.1 Å². The first kappa shape index (κ1) is 14.7. The highest BCUT2D eigenvalue weighted by Gasteiger charge is 2.38. The van der Waals surface area contributed by atoms with Gasteiger partial charge in [-0.05, 0) is 25.1 Å². The summed E-state index contributed by atoms with van der Waals surface area (Å²) < 4.78 is 1.23. The van der Waals surface area contributed by atoms with Gasteiger partial charge in [0.25, 0.3) is 17.4 Å². The third-order valence-corrected chi connectivity index (χ3v) is 3.53. The highest BCUT2D eigenvalue weighted by molar-refractivity contribution is 6.21. The van der Waals surface area contributed by atoms with Gasteiger partial charge in [-0.1, -0.05) is 17.2 Å². The van der Waals surface area contributed by atoms with Crippen molar-refractivity contribution in [2.45, 2.75) is 6.92 Å². The predicted octanol–water partition coefficient (Wildman–Crippen LogP) is 1.06. The summed E-state index contributed by atoms with van der Waals surface area (Å²) in [5, 5.41) is 0.438. The van der Waals surface area contributed by atoms with Gasteiger partial charge in [0.15, 0.2) is 0 Å². The maximum atomic E-state index is 12.2. The molecule has 23 heavy (non-hydrogen) atoms. The number of fused-ring (bicyclic) bond motifs is 1. The van der Waals surface area contributed by atoms with Crippen molar-refractivity contribution in [2.24, 2.45) is 7.05 Å². The van der Waals surface area contributed by atoms with E-state index in [-0.39, 0.29) is 22.2 Å². The summed E-state index contributed by atoms with van der Waals surface area (Å²) in [6, 6.07) is 7.56. The molecule has 0 saturated heterocycles. The molecule has 0 radical (unpaired) electrons. The summed E-state index contributed by atoms with van der Waals surface area (Å²) in [5.74, 6) is -2.28. The van der Waals surface area contributed by atoms with Crippen LogP contribution in [0, 0.1) is 6.92 Å². The summed E-state index contributed by atoms with van der Waals surface area (Å²) in [6.07, 6.45) is 1.29. The van der Waals surface area contributed by atoms with E-state index in [4.69, 9.17) is 4.84 Å². The van der Waals surface area contributed by atoms with Gasteiger partial charge in [0.2, 0.25) is 0 Å². The molecule has 0 fully saturated rings. The average Bonchev–Trinajstić information content (AvgIpc) is 2.77. The lowest BCUT2D eigenvalue weighted by Gasteiger charge is -2.13. The number of nitrogens with zero attached hydrogens (tertiary/aromatic N) is 2. The first-order chi connectivity index (χ1) is 10.9. The summed E-state index contributed by atoms with van der Waals surface area (Å²) in [5.41, 5.74) is 0.539. The second kappa shape index (κ2) is 5.20. The minimum Gasteiger partial charge on any atom is -0.324 e. The SMILES string of the molecule is Cc1cc(C(=O)ON2C(=O)c3ccccc3C2=O)cn(C)c1=O. The molecule has 3 rings (SSSR count). The Morgan fingerprint density at radius 1 is 1.04 bits per heavy atom. The Kier molecular flexibility index (Phi) is 3.33. The topological polar surface area (TPSA) is 85.7 Å². The normalized spacial score (nSPS) is 13.2. The molecule has 1 aliphatic rings. The first-order valence-corrected chi connectivity index (χ1v) is 6.77. The Hall–Kier alpha value is -3.22. The van der Waals surface area contributed by atoms with E-state index in [1.807, 2.05) is 0 Å². The van der Waals surface area contributed by atoms with Crippen LogP contribution in [-0.2, 0) is 11.9 Å². The average molecular weight is 312 g/mol. The zero-order valence-corrected chi connectivity index (χ0v) is 12.4. The third kappa shape index (κ3) is 2.32. The second-order valence-corrected chi connectivity index (χ2v) is 5.16. The van der Waals surface area contributed by atoms with Crippen molar-refractivity contribution in [3.8, 4) is 0 Å². The van der Waals surface area contributed by atoms with Crippen LogP contribution < -0.4 is 5.56 Å². The van der Waals surface area contributed by atoms with Crippen LogP contribution >= 0.6 is 0 Å². The number of pyridine rings is 1.